The molecule has 0 radical (unpaired) electrons. The highest BCUT2D eigenvalue weighted by Gasteiger charge is 2.13. The van der Waals surface area contributed by atoms with E-state index < -0.39 is 11.6 Å². The Morgan fingerprint density at radius 1 is 1.40 bits per heavy atom. The lowest BCUT2D eigenvalue weighted by Crippen LogP contribution is -2.41. The summed E-state index contributed by atoms with van der Waals surface area (Å²) in [5.41, 5.74) is 5.75. The molecule has 0 saturated carbocycles. The SMILES string of the molecule is CCCCC(CN)NC(=O)Cc1ccc(F)cc1F.Cl. The van der Waals surface area contributed by atoms with Gasteiger partial charge in [0, 0.05) is 18.7 Å². The molecule has 0 spiro atoms. The number of carbonyl (C=O) groups is 1. The van der Waals surface area contributed by atoms with Gasteiger partial charge in [-0.15, -0.1) is 12.4 Å². The van der Waals surface area contributed by atoms with Gasteiger partial charge < -0.3 is 11.1 Å². The van der Waals surface area contributed by atoms with Gasteiger partial charge in [0.15, 0.2) is 0 Å². The molecule has 114 valence electrons. The van der Waals surface area contributed by atoms with Crippen LogP contribution in [0.15, 0.2) is 18.2 Å². The summed E-state index contributed by atoms with van der Waals surface area (Å²) in [7, 11) is 0. The molecule has 3 N–H and O–H groups in total. The second-order valence-corrected chi connectivity index (χ2v) is 4.55. The van der Waals surface area contributed by atoms with Crippen molar-refractivity contribution in [1.82, 2.24) is 5.32 Å². The molecule has 0 fully saturated rings. The summed E-state index contributed by atoms with van der Waals surface area (Å²) < 4.78 is 26.1. The molecule has 1 aromatic carbocycles. The van der Waals surface area contributed by atoms with Crippen molar-refractivity contribution in [3.05, 3.63) is 35.4 Å². The first kappa shape index (κ1) is 18.8. The molecule has 0 aliphatic carbocycles. The van der Waals surface area contributed by atoms with Crippen LogP contribution in [-0.4, -0.2) is 18.5 Å². The van der Waals surface area contributed by atoms with Crippen LogP contribution in [0, 0.1) is 11.6 Å². The van der Waals surface area contributed by atoms with Crippen LogP contribution in [0.25, 0.3) is 0 Å². The average molecular weight is 307 g/mol. The minimum absolute atomic E-state index is 0. The molecule has 20 heavy (non-hydrogen) atoms. The van der Waals surface area contributed by atoms with Crippen LogP contribution in [0.4, 0.5) is 8.78 Å². The van der Waals surface area contributed by atoms with Gasteiger partial charge in [-0.25, -0.2) is 8.78 Å². The molecule has 0 aromatic heterocycles. The van der Waals surface area contributed by atoms with Crippen molar-refractivity contribution in [2.45, 2.75) is 38.6 Å². The topological polar surface area (TPSA) is 55.1 Å². The van der Waals surface area contributed by atoms with Crippen LogP contribution in [0.1, 0.15) is 31.7 Å². The second-order valence-electron chi connectivity index (χ2n) is 4.55. The van der Waals surface area contributed by atoms with Crippen molar-refractivity contribution in [3.63, 3.8) is 0 Å². The van der Waals surface area contributed by atoms with Crippen molar-refractivity contribution in [3.8, 4) is 0 Å². The highest BCUT2D eigenvalue weighted by atomic mass is 35.5. The molecule has 1 amide bonds. The van der Waals surface area contributed by atoms with E-state index in [1.807, 2.05) is 0 Å². The Bertz CT molecular complexity index is 430. The number of amides is 1. The fraction of sp³-hybridized carbons (Fsp3) is 0.500. The third-order valence-electron chi connectivity index (χ3n) is 2.92. The first-order valence-corrected chi connectivity index (χ1v) is 6.50. The Kier molecular flexibility index (Phi) is 9.08. The Labute approximate surface area is 124 Å². The van der Waals surface area contributed by atoms with Crippen molar-refractivity contribution < 1.29 is 13.6 Å². The average Bonchev–Trinajstić information content (AvgIpc) is 2.38. The maximum Gasteiger partial charge on any atom is 0.224 e. The number of unbranched alkanes of at least 4 members (excludes halogenated alkanes) is 1. The summed E-state index contributed by atoms with van der Waals surface area (Å²) in [5.74, 6) is -1.64. The normalized spacial score (nSPS) is 11.6. The molecule has 0 aliphatic rings. The maximum absolute atomic E-state index is 13.4. The Hall–Kier alpha value is -1.20. The molecule has 0 aliphatic heterocycles. The highest BCUT2D eigenvalue weighted by Crippen LogP contribution is 2.10. The highest BCUT2D eigenvalue weighted by molar-refractivity contribution is 5.85. The standard InChI is InChI=1S/C14H20F2N2O.ClH/c1-2-3-4-12(9-17)18-14(19)7-10-5-6-11(15)8-13(10)16;/h5-6,8,12H,2-4,7,9,17H2,1H3,(H,18,19);1H. The van der Waals surface area contributed by atoms with Crippen LogP contribution in [0.3, 0.4) is 0 Å². The first-order chi connectivity index (χ1) is 9.06. The van der Waals surface area contributed by atoms with Gasteiger partial charge >= 0.3 is 0 Å². The molecule has 1 aromatic rings. The summed E-state index contributed by atoms with van der Waals surface area (Å²) in [4.78, 5) is 11.8. The number of hydrogen-bond donors (Lipinski definition) is 2. The zero-order chi connectivity index (χ0) is 14.3. The van der Waals surface area contributed by atoms with Crippen LogP contribution < -0.4 is 11.1 Å². The molecule has 1 unspecified atom stereocenters. The van der Waals surface area contributed by atoms with Crippen molar-refractivity contribution in [2.75, 3.05) is 6.54 Å². The zero-order valence-corrected chi connectivity index (χ0v) is 12.3. The van der Waals surface area contributed by atoms with Gasteiger partial charge in [0.2, 0.25) is 5.91 Å². The number of halogens is 3. The van der Waals surface area contributed by atoms with Gasteiger partial charge in [-0.1, -0.05) is 25.8 Å². The van der Waals surface area contributed by atoms with Crippen molar-refractivity contribution in [2.24, 2.45) is 5.73 Å². The van der Waals surface area contributed by atoms with E-state index in [1.54, 1.807) is 0 Å². The van der Waals surface area contributed by atoms with E-state index in [4.69, 9.17) is 5.73 Å². The minimum Gasteiger partial charge on any atom is -0.352 e. The number of nitrogens with two attached hydrogens (primary N) is 1. The lowest BCUT2D eigenvalue weighted by molar-refractivity contribution is -0.121. The van der Waals surface area contributed by atoms with E-state index in [2.05, 4.69) is 12.2 Å². The van der Waals surface area contributed by atoms with E-state index in [9.17, 15) is 13.6 Å². The summed E-state index contributed by atoms with van der Waals surface area (Å²) in [6.07, 6.45) is 2.71. The van der Waals surface area contributed by atoms with Crippen molar-refractivity contribution >= 4 is 18.3 Å². The first-order valence-electron chi connectivity index (χ1n) is 6.50. The second kappa shape index (κ2) is 9.66. The molecular formula is C14H21ClF2N2O. The monoisotopic (exact) mass is 306 g/mol. The Morgan fingerprint density at radius 2 is 2.10 bits per heavy atom. The molecule has 3 nitrogen and oxygen atoms in total. The van der Waals surface area contributed by atoms with Gasteiger partial charge in [-0.2, -0.15) is 0 Å². The van der Waals surface area contributed by atoms with Gasteiger partial charge in [-0.05, 0) is 18.1 Å². The van der Waals surface area contributed by atoms with Crippen LogP contribution >= 0.6 is 12.4 Å². The zero-order valence-electron chi connectivity index (χ0n) is 11.5. The largest absolute Gasteiger partial charge is 0.352 e. The molecule has 1 atom stereocenters. The lowest BCUT2D eigenvalue weighted by atomic mass is 10.1. The Morgan fingerprint density at radius 3 is 2.65 bits per heavy atom. The molecule has 6 heteroatoms. The summed E-state index contributed by atoms with van der Waals surface area (Å²) in [6.45, 7) is 2.42. The smallest absolute Gasteiger partial charge is 0.224 e. The van der Waals surface area contributed by atoms with E-state index >= 15 is 0 Å². The summed E-state index contributed by atoms with van der Waals surface area (Å²) >= 11 is 0. The van der Waals surface area contributed by atoms with E-state index in [-0.39, 0.29) is 36.3 Å². The fourth-order valence-corrected chi connectivity index (χ4v) is 1.82. The third kappa shape index (κ3) is 6.30. The lowest BCUT2D eigenvalue weighted by Gasteiger charge is -2.16. The fourth-order valence-electron chi connectivity index (χ4n) is 1.82. The predicted molar refractivity (Wildman–Crippen MR) is 77.8 cm³/mol. The van der Waals surface area contributed by atoms with Crippen molar-refractivity contribution in [1.29, 1.82) is 0 Å². The Balaban J connectivity index is 0.00000361. The molecule has 0 heterocycles. The number of nitrogens with one attached hydrogen (secondary N) is 1. The number of carbonyl (C=O) groups excluding carboxylic acids is 1. The van der Waals surface area contributed by atoms with Gasteiger partial charge in [-0.3, -0.25) is 4.79 Å². The van der Waals surface area contributed by atoms with E-state index in [1.165, 1.54) is 6.07 Å². The number of benzene rings is 1. The maximum atomic E-state index is 13.4. The van der Waals surface area contributed by atoms with E-state index in [0.717, 1.165) is 31.4 Å². The van der Waals surface area contributed by atoms with Gasteiger partial charge in [0.05, 0.1) is 6.42 Å². The molecule has 1 rings (SSSR count). The summed E-state index contributed by atoms with van der Waals surface area (Å²) in [6, 6.07) is 3.12. The predicted octanol–water partition coefficient (Wildman–Crippen LogP) is 2.56. The molecule has 0 saturated heterocycles. The minimum atomic E-state index is -0.701. The quantitative estimate of drug-likeness (QED) is 0.813. The van der Waals surface area contributed by atoms with Gasteiger partial charge in [0.25, 0.3) is 0 Å². The van der Waals surface area contributed by atoms with Crippen LogP contribution in [0.2, 0.25) is 0 Å². The van der Waals surface area contributed by atoms with E-state index in [0.29, 0.717) is 6.54 Å². The third-order valence-corrected chi connectivity index (χ3v) is 2.92. The summed E-state index contributed by atoms with van der Waals surface area (Å²) in [5, 5.41) is 2.77. The molecular weight excluding hydrogens is 286 g/mol. The molecule has 0 bridgehead atoms. The van der Waals surface area contributed by atoms with Gasteiger partial charge in [0.1, 0.15) is 11.6 Å². The number of hydrogen-bond acceptors (Lipinski definition) is 2. The van der Waals surface area contributed by atoms with Crippen LogP contribution in [0.5, 0.6) is 0 Å². The van der Waals surface area contributed by atoms with Crippen LogP contribution in [-0.2, 0) is 11.2 Å². The number of rotatable bonds is 7.